The molecule has 0 aliphatic carbocycles. The van der Waals surface area contributed by atoms with Crippen molar-refractivity contribution >= 4 is 11.5 Å². The summed E-state index contributed by atoms with van der Waals surface area (Å²) in [7, 11) is 0. The van der Waals surface area contributed by atoms with Crippen LogP contribution in [0.1, 0.15) is 15.9 Å². The van der Waals surface area contributed by atoms with Crippen LogP contribution >= 0.6 is 0 Å². The normalized spacial score (nSPS) is 10.2. The van der Waals surface area contributed by atoms with Gasteiger partial charge in [0.1, 0.15) is 11.6 Å². The number of carbonyl (C=O) groups is 1. The van der Waals surface area contributed by atoms with Gasteiger partial charge in [0.2, 0.25) is 0 Å². The van der Waals surface area contributed by atoms with Crippen LogP contribution in [0, 0.1) is 22.9 Å². The molecule has 0 aromatic heterocycles. The molecule has 108 valence electrons. The van der Waals surface area contributed by atoms with Gasteiger partial charge in [-0.3, -0.25) is 14.9 Å². The third-order valence-electron chi connectivity index (χ3n) is 2.89. The molecule has 0 bridgehead atoms. The van der Waals surface area contributed by atoms with Crippen molar-refractivity contribution in [3.05, 3.63) is 69.5 Å². The minimum Gasteiger partial charge on any atom is -0.485 e. The van der Waals surface area contributed by atoms with Crippen LogP contribution in [0.5, 0.6) is 5.75 Å². The Morgan fingerprint density at radius 2 is 2.05 bits per heavy atom. The largest absolute Gasteiger partial charge is 0.485 e. The summed E-state index contributed by atoms with van der Waals surface area (Å²) in [5.41, 5.74) is 0.712. The molecule has 2 rings (SSSR count). The van der Waals surface area contributed by atoms with Crippen molar-refractivity contribution in [2.75, 3.05) is 6.61 Å². The number of non-ortho nitro benzene ring substituents is 1. The number of Topliss-reactive ketones (excluding diaryl/α,β-unsaturated/α-hetero) is 1. The molecule has 0 atom stereocenters. The Hall–Kier alpha value is -2.76. The highest BCUT2D eigenvalue weighted by molar-refractivity contribution is 5.97. The summed E-state index contributed by atoms with van der Waals surface area (Å²) in [5.74, 6) is -0.602. The Morgan fingerprint density at radius 1 is 1.29 bits per heavy atom. The minimum atomic E-state index is -0.575. The third kappa shape index (κ3) is 3.62. The molecule has 2 aromatic carbocycles. The summed E-state index contributed by atoms with van der Waals surface area (Å²) < 4.78 is 18.4. The quantitative estimate of drug-likeness (QED) is 0.481. The molecule has 0 saturated carbocycles. The maximum Gasteiger partial charge on any atom is 0.270 e. The van der Waals surface area contributed by atoms with E-state index in [0.717, 1.165) is 0 Å². The molecule has 2 aromatic rings. The maximum absolute atomic E-state index is 13.1. The number of hydrogen-bond donors (Lipinski definition) is 0. The first-order chi connectivity index (χ1) is 9.97. The topological polar surface area (TPSA) is 69.4 Å². The highest BCUT2D eigenvalue weighted by atomic mass is 19.1. The van der Waals surface area contributed by atoms with Crippen LogP contribution in [-0.2, 0) is 0 Å². The molecule has 0 N–H and O–H groups in total. The van der Waals surface area contributed by atoms with E-state index < -0.39 is 16.5 Å². The maximum atomic E-state index is 13.1. The van der Waals surface area contributed by atoms with Crippen molar-refractivity contribution in [2.45, 2.75) is 6.92 Å². The number of nitro benzene ring substituents is 1. The summed E-state index contributed by atoms with van der Waals surface area (Å²) in [6.07, 6.45) is 0. The van der Waals surface area contributed by atoms with E-state index in [4.69, 9.17) is 4.74 Å². The number of benzene rings is 2. The van der Waals surface area contributed by atoms with Gasteiger partial charge in [-0.2, -0.15) is 0 Å². The smallest absolute Gasteiger partial charge is 0.270 e. The number of rotatable bonds is 5. The summed E-state index contributed by atoms with van der Waals surface area (Å²) >= 11 is 0. The van der Waals surface area contributed by atoms with Crippen molar-refractivity contribution in [3.8, 4) is 5.75 Å². The number of nitrogens with zero attached hydrogens (tertiary/aromatic N) is 1. The number of ether oxygens (including phenoxy) is 1. The van der Waals surface area contributed by atoms with E-state index in [9.17, 15) is 19.3 Å². The highest BCUT2D eigenvalue weighted by Crippen LogP contribution is 2.19. The first-order valence-corrected chi connectivity index (χ1v) is 6.14. The molecular weight excluding hydrogens is 277 g/mol. The number of carbonyl (C=O) groups excluding carboxylic acids is 1. The monoisotopic (exact) mass is 289 g/mol. The lowest BCUT2D eigenvalue weighted by atomic mass is 10.1. The van der Waals surface area contributed by atoms with Crippen LogP contribution < -0.4 is 4.74 Å². The molecule has 0 aliphatic rings. The predicted molar refractivity (Wildman–Crippen MR) is 74.1 cm³/mol. The number of aryl methyl sites for hydroxylation is 1. The Balaban J connectivity index is 2.10. The number of halogens is 1. The molecule has 6 heteroatoms. The Kier molecular flexibility index (Phi) is 4.27. The Bertz CT molecular complexity index is 700. The second-order valence-electron chi connectivity index (χ2n) is 4.43. The van der Waals surface area contributed by atoms with Gasteiger partial charge >= 0.3 is 0 Å². The first-order valence-electron chi connectivity index (χ1n) is 6.14. The van der Waals surface area contributed by atoms with E-state index in [1.54, 1.807) is 13.0 Å². The van der Waals surface area contributed by atoms with E-state index in [0.29, 0.717) is 5.56 Å². The fourth-order valence-corrected chi connectivity index (χ4v) is 1.75. The molecule has 0 unspecified atom stereocenters. The highest BCUT2D eigenvalue weighted by Gasteiger charge is 2.12. The zero-order valence-electron chi connectivity index (χ0n) is 11.2. The van der Waals surface area contributed by atoms with Crippen molar-refractivity contribution in [3.63, 3.8) is 0 Å². The Morgan fingerprint density at radius 3 is 2.76 bits per heavy atom. The van der Waals surface area contributed by atoms with Gasteiger partial charge in [0.05, 0.1) is 4.92 Å². The molecule has 0 spiro atoms. The van der Waals surface area contributed by atoms with Gasteiger partial charge in [-0.05, 0) is 18.6 Å². The van der Waals surface area contributed by atoms with Crippen LogP contribution in [0.25, 0.3) is 0 Å². The third-order valence-corrected chi connectivity index (χ3v) is 2.89. The van der Waals surface area contributed by atoms with Crippen molar-refractivity contribution in [1.82, 2.24) is 0 Å². The van der Waals surface area contributed by atoms with E-state index in [1.807, 2.05) is 0 Å². The standard InChI is InChI=1S/C15H12FNO4/c1-10-5-6-12(16)8-15(10)21-9-14(18)11-3-2-4-13(7-11)17(19)20/h2-8H,9H2,1H3. The fourth-order valence-electron chi connectivity index (χ4n) is 1.75. The van der Waals surface area contributed by atoms with Gasteiger partial charge < -0.3 is 4.74 Å². The molecule has 0 saturated heterocycles. The minimum absolute atomic E-state index is 0.164. The summed E-state index contributed by atoms with van der Waals surface area (Å²) in [5, 5.41) is 10.7. The van der Waals surface area contributed by atoms with E-state index in [1.165, 1.54) is 36.4 Å². The van der Waals surface area contributed by atoms with E-state index >= 15 is 0 Å². The summed E-state index contributed by atoms with van der Waals surface area (Å²) in [6.45, 7) is 1.41. The molecule has 0 amide bonds. The van der Waals surface area contributed by atoms with Gasteiger partial charge in [-0.25, -0.2) is 4.39 Å². The van der Waals surface area contributed by atoms with Crippen LogP contribution in [-0.4, -0.2) is 17.3 Å². The average Bonchev–Trinajstić information content (AvgIpc) is 2.48. The molecular formula is C15H12FNO4. The van der Waals surface area contributed by atoms with Crippen LogP contribution in [0.15, 0.2) is 42.5 Å². The zero-order chi connectivity index (χ0) is 15.4. The second kappa shape index (κ2) is 6.13. The fraction of sp³-hybridized carbons (Fsp3) is 0.133. The number of hydrogen-bond acceptors (Lipinski definition) is 4. The van der Waals surface area contributed by atoms with Gasteiger partial charge in [0, 0.05) is 23.8 Å². The molecule has 0 aliphatic heterocycles. The van der Waals surface area contributed by atoms with Gasteiger partial charge in [-0.15, -0.1) is 0 Å². The van der Waals surface area contributed by atoms with Crippen molar-refractivity contribution in [1.29, 1.82) is 0 Å². The van der Waals surface area contributed by atoms with Crippen molar-refractivity contribution < 1.29 is 18.8 Å². The van der Waals surface area contributed by atoms with Gasteiger partial charge in [0.15, 0.2) is 12.4 Å². The second-order valence-corrected chi connectivity index (χ2v) is 4.43. The zero-order valence-corrected chi connectivity index (χ0v) is 11.2. The van der Waals surface area contributed by atoms with E-state index in [-0.39, 0.29) is 23.6 Å². The summed E-state index contributed by atoms with van der Waals surface area (Å²) in [6, 6.07) is 9.41. The SMILES string of the molecule is Cc1ccc(F)cc1OCC(=O)c1cccc([N+](=O)[O-])c1. The van der Waals surface area contributed by atoms with Gasteiger partial charge in [0.25, 0.3) is 5.69 Å². The number of ketones is 1. The van der Waals surface area contributed by atoms with E-state index in [2.05, 4.69) is 0 Å². The number of nitro groups is 1. The molecule has 5 nitrogen and oxygen atoms in total. The van der Waals surface area contributed by atoms with Crippen LogP contribution in [0.3, 0.4) is 0 Å². The molecule has 0 radical (unpaired) electrons. The van der Waals surface area contributed by atoms with Crippen LogP contribution in [0.2, 0.25) is 0 Å². The summed E-state index contributed by atoms with van der Waals surface area (Å²) in [4.78, 5) is 22.0. The van der Waals surface area contributed by atoms with Crippen molar-refractivity contribution in [2.24, 2.45) is 0 Å². The predicted octanol–water partition coefficient (Wildman–Crippen LogP) is 3.30. The molecule has 0 heterocycles. The molecule has 21 heavy (non-hydrogen) atoms. The lowest BCUT2D eigenvalue weighted by Crippen LogP contribution is -2.12. The lowest BCUT2D eigenvalue weighted by Gasteiger charge is -2.08. The lowest BCUT2D eigenvalue weighted by molar-refractivity contribution is -0.384. The van der Waals surface area contributed by atoms with Crippen LogP contribution in [0.4, 0.5) is 10.1 Å². The van der Waals surface area contributed by atoms with Gasteiger partial charge in [-0.1, -0.05) is 18.2 Å². The Labute approximate surface area is 120 Å². The average molecular weight is 289 g/mol. The first kappa shape index (κ1) is 14.6. The molecule has 0 fully saturated rings.